The average molecular weight is 355 g/mol. The van der Waals surface area contributed by atoms with Gasteiger partial charge in [-0.2, -0.15) is 0 Å². The van der Waals surface area contributed by atoms with E-state index in [0.29, 0.717) is 29.0 Å². The van der Waals surface area contributed by atoms with E-state index in [1.54, 1.807) is 17.0 Å². The van der Waals surface area contributed by atoms with Crippen molar-refractivity contribution in [3.63, 3.8) is 0 Å². The fourth-order valence-corrected chi connectivity index (χ4v) is 2.71. The topological polar surface area (TPSA) is 42.4 Å². The molecule has 0 N–H and O–H groups in total. The zero-order valence-corrected chi connectivity index (χ0v) is 15.0. The molecule has 1 fully saturated rings. The number of aromatic nitrogens is 1. The van der Waals surface area contributed by atoms with E-state index in [1.165, 1.54) is 0 Å². The number of nitrogens with zero attached hydrogens (tertiary/aromatic N) is 2. The molecular weight excluding hydrogens is 335 g/mol. The van der Waals surface area contributed by atoms with Crippen LogP contribution in [-0.2, 0) is 4.74 Å². The Balaban J connectivity index is 1.90. The van der Waals surface area contributed by atoms with Crippen LogP contribution in [0.2, 0.25) is 10.2 Å². The van der Waals surface area contributed by atoms with E-state index in [1.807, 2.05) is 20.8 Å². The molecule has 1 amide bonds. The van der Waals surface area contributed by atoms with Gasteiger partial charge in [-0.05, 0) is 51.7 Å². The van der Waals surface area contributed by atoms with Crippen molar-refractivity contribution in [2.45, 2.75) is 39.2 Å². The van der Waals surface area contributed by atoms with Crippen molar-refractivity contribution >= 4 is 29.3 Å². The van der Waals surface area contributed by atoms with Gasteiger partial charge in [-0.25, -0.2) is 9.78 Å². The van der Waals surface area contributed by atoms with E-state index in [4.69, 9.17) is 27.9 Å². The van der Waals surface area contributed by atoms with Crippen LogP contribution in [0.25, 0.3) is 0 Å². The molecular formula is C17H20Cl2N2O2. The second kappa shape index (κ2) is 7.42. The fraction of sp³-hybridized carbons (Fsp3) is 0.529. The van der Waals surface area contributed by atoms with Gasteiger partial charge in [0.2, 0.25) is 0 Å². The fourth-order valence-electron chi connectivity index (χ4n) is 2.24. The van der Waals surface area contributed by atoms with Gasteiger partial charge in [-0.3, -0.25) is 0 Å². The molecule has 2 heterocycles. The molecule has 0 unspecified atom stereocenters. The summed E-state index contributed by atoms with van der Waals surface area (Å²) in [6.45, 7) is 6.90. The monoisotopic (exact) mass is 354 g/mol. The molecule has 0 bridgehead atoms. The normalized spacial score (nSPS) is 15.8. The first-order valence-electron chi connectivity index (χ1n) is 7.55. The number of amides is 1. The Morgan fingerprint density at radius 3 is 2.52 bits per heavy atom. The molecule has 0 atom stereocenters. The summed E-state index contributed by atoms with van der Waals surface area (Å²) in [5.74, 6) is 6.43. The number of ether oxygens (including phenoxy) is 1. The number of piperidine rings is 1. The first kappa shape index (κ1) is 17.9. The summed E-state index contributed by atoms with van der Waals surface area (Å²) >= 11 is 11.8. The lowest BCUT2D eigenvalue weighted by Crippen LogP contribution is -2.41. The van der Waals surface area contributed by atoms with Gasteiger partial charge in [0.15, 0.2) is 0 Å². The molecule has 0 aliphatic carbocycles. The smallest absolute Gasteiger partial charge is 0.410 e. The maximum Gasteiger partial charge on any atom is 0.410 e. The van der Waals surface area contributed by atoms with Crippen molar-refractivity contribution < 1.29 is 9.53 Å². The molecule has 0 aromatic carbocycles. The van der Waals surface area contributed by atoms with Crippen LogP contribution in [-0.4, -0.2) is 34.7 Å². The number of hydrogen-bond donors (Lipinski definition) is 0. The van der Waals surface area contributed by atoms with Gasteiger partial charge in [0.25, 0.3) is 0 Å². The minimum atomic E-state index is -0.467. The molecule has 124 valence electrons. The van der Waals surface area contributed by atoms with Gasteiger partial charge in [0, 0.05) is 24.0 Å². The molecule has 4 nitrogen and oxygen atoms in total. The van der Waals surface area contributed by atoms with Crippen LogP contribution in [0, 0.1) is 17.8 Å². The summed E-state index contributed by atoms with van der Waals surface area (Å²) in [5.41, 5.74) is 0.0997. The van der Waals surface area contributed by atoms with E-state index < -0.39 is 5.60 Å². The minimum Gasteiger partial charge on any atom is -0.444 e. The first-order valence-corrected chi connectivity index (χ1v) is 8.31. The van der Waals surface area contributed by atoms with Crippen LogP contribution in [0.3, 0.4) is 0 Å². The molecule has 1 aliphatic heterocycles. The Labute approximate surface area is 147 Å². The molecule has 1 aromatic rings. The van der Waals surface area contributed by atoms with Gasteiger partial charge < -0.3 is 9.64 Å². The molecule has 1 aliphatic rings. The number of hydrogen-bond acceptors (Lipinski definition) is 3. The predicted molar refractivity (Wildman–Crippen MR) is 91.7 cm³/mol. The third kappa shape index (κ3) is 5.93. The highest BCUT2D eigenvalue weighted by Gasteiger charge is 2.26. The number of carbonyl (C=O) groups excluding carboxylic acids is 1. The predicted octanol–water partition coefficient (Wildman–Crippen LogP) is 4.39. The second-order valence-corrected chi connectivity index (χ2v) is 7.33. The van der Waals surface area contributed by atoms with Crippen LogP contribution in [0.4, 0.5) is 4.79 Å². The highest BCUT2D eigenvalue weighted by molar-refractivity contribution is 6.33. The second-order valence-electron chi connectivity index (χ2n) is 6.50. The Kier molecular flexibility index (Phi) is 5.78. The highest BCUT2D eigenvalue weighted by atomic mass is 35.5. The largest absolute Gasteiger partial charge is 0.444 e. The van der Waals surface area contributed by atoms with Crippen molar-refractivity contribution in [3.05, 3.63) is 28.0 Å². The lowest BCUT2D eigenvalue weighted by Gasteiger charge is -2.31. The van der Waals surface area contributed by atoms with Gasteiger partial charge in [-0.15, -0.1) is 0 Å². The van der Waals surface area contributed by atoms with Gasteiger partial charge in [0.05, 0.1) is 0 Å². The third-order valence-electron chi connectivity index (χ3n) is 3.31. The van der Waals surface area contributed by atoms with Crippen LogP contribution in [0.1, 0.15) is 39.3 Å². The van der Waals surface area contributed by atoms with Crippen molar-refractivity contribution in [3.8, 4) is 11.8 Å². The Bertz CT molecular complexity index is 616. The van der Waals surface area contributed by atoms with Gasteiger partial charge >= 0.3 is 6.09 Å². The van der Waals surface area contributed by atoms with Crippen LogP contribution < -0.4 is 0 Å². The zero-order chi connectivity index (χ0) is 17.0. The summed E-state index contributed by atoms with van der Waals surface area (Å²) in [6, 6.07) is 3.27. The van der Waals surface area contributed by atoms with Gasteiger partial charge in [0.1, 0.15) is 16.4 Å². The summed E-state index contributed by atoms with van der Waals surface area (Å²) in [6.07, 6.45) is 1.38. The van der Waals surface area contributed by atoms with E-state index in [0.717, 1.165) is 12.8 Å². The van der Waals surface area contributed by atoms with E-state index in [2.05, 4.69) is 16.8 Å². The number of halogens is 2. The molecule has 0 spiro atoms. The number of pyridine rings is 1. The van der Waals surface area contributed by atoms with Crippen molar-refractivity contribution in [1.82, 2.24) is 9.88 Å². The maximum atomic E-state index is 12.0. The van der Waals surface area contributed by atoms with Crippen molar-refractivity contribution in [2.24, 2.45) is 5.92 Å². The molecule has 1 saturated heterocycles. The number of rotatable bonds is 0. The molecule has 0 saturated carbocycles. The van der Waals surface area contributed by atoms with Crippen molar-refractivity contribution in [2.75, 3.05) is 13.1 Å². The molecule has 1 aromatic heterocycles. The van der Waals surface area contributed by atoms with E-state index in [-0.39, 0.29) is 12.0 Å². The van der Waals surface area contributed by atoms with Crippen LogP contribution in [0.5, 0.6) is 0 Å². The summed E-state index contributed by atoms with van der Waals surface area (Å²) in [5, 5.41) is 0.857. The SMILES string of the molecule is CC(C)(C)OC(=O)N1CCC(C#Cc2cc(Cl)cc(Cl)n2)CC1. The summed E-state index contributed by atoms with van der Waals surface area (Å²) in [7, 11) is 0. The average Bonchev–Trinajstić information content (AvgIpc) is 2.43. The van der Waals surface area contributed by atoms with Crippen LogP contribution in [0.15, 0.2) is 12.1 Å². The molecule has 0 radical (unpaired) electrons. The molecule has 2 rings (SSSR count). The molecule has 23 heavy (non-hydrogen) atoms. The highest BCUT2D eigenvalue weighted by Crippen LogP contribution is 2.20. The number of likely N-dealkylation sites (tertiary alicyclic amines) is 1. The Morgan fingerprint density at radius 2 is 1.96 bits per heavy atom. The maximum absolute atomic E-state index is 12.0. The number of carbonyl (C=O) groups is 1. The standard InChI is InChI=1S/C17H20Cl2N2O2/c1-17(2,3)23-16(22)21-8-6-12(7-9-21)4-5-14-10-13(18)11-15(19)20-14/h10-12H,6-9H2,1-3H3. The lowest BCUT2D eigenvalue weighted by atomic mass is 9.97. The first-order chi connectivity index (χ1) is 10.7. The van der Waals surface area contributed by atoms with E-state index in [9.17, 15) is 4.79 Å². The van der Waals surface area contributed by atoms with E-state index >= 15 is 0 Å². The Hall–Kier alpha value is -1.44. The quantitative estimate of drug-likeness (QED) is 0.512. The van der Waals surface area contributed by atoms with Crippen LogP contribution >= 0.6 is 23.2 Å². The zero-order valence-electron chi connectivity index (χ0n) is 13.5. The summed E-state index contributed by atoms with van der Waals surface area (Å²) in [4.78, 5) is 17.9. The summed E-state index contributed by atoms with van der Waals surface area (Å²) < 4.78 is 5.38. The third-order valence-corrected chi connectivity index (χ3v) is 3.72. The Morgan fingerprint density at radius 1 is 1.30 bits per heavy atom. The van der Waals surface area contributed by atoms with Gasteiger partial charge in [-0.1, -0.05) is 29.1 Å². The minimum absolute atomic E-state index is 0.230. The van der Waals surface area contributed by atoms with Crippen molar-refractivity contribution in [1.29, 1.82) is 0 Å². The lowest BCUT2D eigenvalue weighted by molar-refractivity contribution is 0.0199. The molecule has 6 heteroatoms.